The molecule has 2 nitrogen and oxygen atoms in total. The molecule has 0 aliphatic heterocycles. The van der Waals surface area contributed by atoms with Crippen LogP contribution in [0.4, 0.5) is 0 Å². The van der Waals surface area contributed by atoms with Gasteiger partial charge in [-0.2, -0.15) is 0 Å². The first-order valence-corrected chi connectivity index (χ1v) is 7.99. The molecule has 0 amide bonds. The summed E-state index contributed by atoms with van der Waals surface area (Å²) < 4.78 is 2.07. The van der Waals surface area contributed by atoms with E-state index >= 15 is 0 Å². The Hall–Kier alpha value is -0.520. The van der Waals surface area contributed by atoms with E-state index in [1.807, 2.05) is 24.3 Å². The van der Waals surface area contributed by atoms with Crippen LogP contribution in [0.3, 0.4) is 0 Å². The molecule has 2 rings (SSSR count). The highest BCUT2D eigenvalue weighted by molar-refractivity contribution is 9.11. The average molecular weight is 451 g/mol. The van der Waals surface area contributed by atoms with Gasteiger partial charge in [0.15, 0.2) is 0 Å². The van der Waals surface area contributed by atoms with Crippen LogP contribution in [0.5, 0.6) is 11.5 Å². The highest BCUT2D eigenvalue weighted by atomic mass is 79.9. The highest BCUT2D eigenvalue weighted by Crippen LogP contribution is 2.33. The van der Waals surface area contributed by atoms with Gasteiger partial charge in [-0.3, -0.25) is 0 Å². The Morgan fingerprint density at radius 1 is 0.737 bits per heavy atom. The zero-order chi connectivity index (χ0) is 14.0. The lowest BCUT2D eigenvalue weighted by atomic mass is 10.0. The number of hydrogen-bond acceptors (Lipinski definition) is 2. The second kappa shape index (κ2) is 6.29. The van der Waals surface area contributed by atoms with Crippen molar-refractivity contribution >= 4 is 47.8 Å². The molecule has 0 radical (unpaired) electrons. The Kier molecular flexibility index (Phi) is 4.92. The number of aromatic hydroxyl groups is 2. The number of aryl methyl sites for hydroxylation is 2. The van der Waals surface area contributed by atoms with Crippen molar-refractivity contribution < 1.29 is 10.2 Å². The molecule has 0 unspecified atom stereocenters. The maximum atomic E-state index is 9.66. The van der Waals surface area contributed by atoms with Crippen LogP contribution in [-0.2, 0) is 12.8 Å². The van der Waals surface area contributed by atoms with E-state index in [1.165, 1.54) is 0 Å². The summed E-state index contributed by atoms with van der Waals surface area (Å²) in [7, 11) is 0. The maximum Gasteiger partial charge on any atom is 0.143 e. The van der Waals surface area contributed by atoms with E-state index < -0.39 is 0 Å². The molecule has 2 aromatic rings. The molecule has 0 aliphatic rings. The van der Waals surface area contributed by atoms with Gasteiger partial charge in [0.05, 0.1) is 13.4 Å². The van der Waals surface area contributed by atoms with Crippen LogP contribution in [0.2, 0.25) is 0 Å². The van der Waals surface area contributed by atoms with Gasteiger partial charge < -0.3 is 10.2 Å². The van der Waals surface area contributed by atoms with Crippen LogP contribution in [-0.4, -0.2) is 10.2 Å². The molecule has 0 aromatic heterocycles. The van der Waals surface area contributed by atoms with E-state index in [2.05, 4.69) is 47.8 Å². The van der Waals surface area contributed by atoms with Crippen LogP contribution in [0, 0.1) is 0 Å². The van der Waals surface area contributed by atoms with Gasteiger partial charge in [0.25, 0.3) is 0 Å². The van der Waals surface area contributed by atoms with Crippen LogP contribution in [0.1, 0.15) is 11.1 Å². The van der Waals surface area contributed by atoms with E-state index in [0.717, 1.165) is 24.0 Å². The Labute approximate surface area is 136 Å². The first kappa shape index (κ1) is 14.9. The fourth-order valence-corrected chi connectivity index (χ4v) is 3.46. The van der Waals surface area contributed by atoms with Gasteiger partial charge in [0.2, 0.25) is 0 Å². The second-order valence-corrected chi connectivity index (χ2v) is 6.76. The summed E-state index contributed by atoms with van der Waals surface area (Å²) in [5, 5.41) is 19.1. The topological polar surface area (TPSA) is 40.5 Å². The smallest absolute Gasteiger partial charge is 0.143 e. The van der Waals surface area contributed by atoms with Crippen molar-refractivity contribution in [2.45, 2.75) is 12.8 Å². The highest BCUT2D eigenvalue weighted by Gasteiger charge is 2.06. The van der Waals surface area contributed by atoms with E-state index in [4.69, 9.17) is 0 Å². The number of phenolic OH excluding ortho intramolecular Hbond substituents is 2. The molecular weight excluding hydrogens is 440 g/mol. The van der Waals surface area contributed by atoms with Crippen molar-refractivity contribution in [3.63, 3.8) is 0 Å². The van der Waals surface area contributed by atoms with Gasteiger partial charge in [0, 0.05) is 0 Å². The van der Waals surface area contributed by atoms with Crippen molar-refractivity contribution in [3.8, 4) is 11.5 Å². The maximum absolute atomic E-state index is 9.66. The summed E-state index contributed by atoms with van der Waals surface area (Å²) >= 11 is 9.95. The fourth-order valence-electron chi connectivity index (χ4n) is 1.76. The molecule has 5 heteroatoms. The Bertz CT molecular complexity index is 589. The molecule has 0 aliphatic carbocycles. The van der Waals surface area contributed by atoms with Crippen LogP contribution in [0.25, 0.3) is 0 Å². The summed E-state index contributed by atoms with van der Waals surface area (Å²) in [5.41, 5.74) is 2.27. The number of hydrogen-bond donors (Lipinski definition) is 2. The van der Waals surface area contributed by atoms with Crippen LogP contribution >= 0.6 is 47.8 Å². The first-order chi connectivity index (χ1) is 8.97. The van der Waals surface area contributed by atoms with Crippen LogP contribution in [0.15, 0.2) is 43.7 Å². The third kappa shape index (κ3) is 3.74. The van der Waals surface area contributed by atoms with E-state index in [1.54, 1.807) is 6.07 Å². The number of rotatable bonds is 3. The van der Waals surface area contributed by atoms with Crippen molar-refractivity contribution in [3.05, 3.63) is 54.9 Å². The molecular formula is C14H11Br3O2. The van der Waals surface area contributed by atoms with E-state index in [0.29, 0.717) is 13.4 Å². The third-order valence-corrected chi connectivity index (χ3v) is 4.64. The van der Waals surface area contributed by atoms with Crippen molar-refractivity contribution in [2.24, 2.45) is 0 Å². The summed E-state index contributed by atoms with van der Waals surface area (Å²) in [6, 6.07) is 9.33. The van der Waals surface area contributed by atoms with E-state index in [-0.39, 0.29) is 11.5 Å². The van der Waals surface area contributed by atoms with Gasteiger partial charge in [-0.05, 0) is 96.0 Å². The summed E-state index contributed by atoms with van der Waals surface area (Å²) in [4.78, 5) is 0. The van der Waals surface area contributed by atoms with Gasteiger partial charge in [0.1, 0.15) is 11.5 Å². The van der Waals surface area contributed by atoms with Crippen molar-refractivity contribution in [1.29, 1.82) is 0 Å². The lowest BCUT2D eigenvalue weighted by molar-refractivity contribution is 0.468. The predicted molar refractivity (Wildman–Crippen MR) is 86.7 cm³/mol. The fraction of sp³-hybridized carbons (Fsp3) is 0.143. The Morgan fingerprint density at radius 3 is 1.84 bits per heavy atom. The monoisotopic (exact) mass is 448 g/mol. The second-order valence-electron chi connectivity index (χ2n) is 4.19. The number of halogens is 3. The molecule has 0 bridgehead atoms. The molecule has 0 heterocycles. The number of benzene rings is 2. The molecule has 2 N–H and O–H groups in total. The largest absolute Gasteiger partial charge is 0.507 e. The minimum absolute atomic E-state index is 0.219. The molecule has 19 heavy (non-hydrogen) atoms. The SMILES string of the molecule is Oc1ccc(CCc2cc(Br)c(O)c(Br)c2)cc1Br. The van der Waals surface area contributed by atoms with Gasteiger partial charge in [-0.25, -0.2) is 0 Å². The summed E-state index contributed by atoms with van der Waals surface area (Å²) in [6.45, 7) is 0. The standard InChI is InChI=1S/C14H11Br3O2/c15-10-5-8(3-4-13(10)18)1-2-9-6-11(16)14(19)12(17)7-9/h3-7,18-19H,1-2H2. The summed E-state index contributed by atoms with van der Waals surface area (Å²) in [5.74, 6) is 0.468. The molecule has 0 saturated carbocycles. The lowest BCUT2D eigenvalue weighted by Gasteiger charge is -2.07. The zero-order valence-electron chi connectivity index (χ0n) is 9.83. The molecule has 0 saturated heterocycles. The number of phenols is 2. The van der Waals surface area contributed by atoms with Gasteiger partial charge >= 0.3 is 0 Å². The van der Waals surface area contributed by atoms with Crippen LogP contribution < -0.4 is 0 Å². The minimum atomic E-state index is 0.219. The quantitative estimate of drug-likeness (QED) is 0.677. The lowest BCUT2D eigenvalue weighted by Crippen LogP contribution is -1.92. The normalized spacial score (nSPS) is 10.7. The third-order valence-electron chi connectivity index (χ3n) is 2.79. The van der Waals surface area contributed by atoms with E-state index in [9.17, 15) is 10.2 Å². The average Bonchev–Trinajstić information content (AvgIpc) is 2.37. The Morgan fingerprint density at radius 2 is 1.26 bits per heavy atom. The first-order valence-electron chi connectivity index (χ1n) is 5.61. The molecule has 2 aromatic carbocycles. The van der Waals surface area contributed by atoms with Crippen molar-refractivity contribution in [2.75, 3.05) is 0 Å². The molecule has 0 atom stereocenters. The molecule has 0 spiro atoms. The minimum Gasteiger partial charge on any atom is -0.507 e. The Balaban J connectivity index is 2.12. The van der Waals surface area contributed by atoms with Crippen molar-refractivity contribution in [1.82, 2.24) is 0 Å². The zero-order valence-corrected chi connectivity index (χ0v) is 14.6. The summed E-state index contributed by atoms with van der Waals surface area (Å²) in [6.07, 6.45) is 1.72. The van der Waals surface area contributed by atoms with Gasteiger partial charge in [-0.1, -0.05) is 6.07 Å². The predicted octanol–water partition coefficient (Wildman–Crippen LogP) is 5.17. The van der Waals surface area contributed by atoms with Gasteiger partial charge in [-0.15, -0.1) is 0 Å². The molecule has 100 valence electrons. The molecule has 0 fully saturated rings.